The zero-order valence-corrected chi connectivity index (χ0v) is 74.9. The fraction of sp³-hybridized carbons (Fsp3) is 0.989. The van der Waals surface area contributed by atoms with Crippen molar-refractivity contribution in [3.8, 4) is 0 Å². The maximum absolute atomic E-state index is 7.50. The van der Waals surface area contributed by atoms with E-state index in [4.69, 9.17) is 45.5 Å². The molecule has 3 rings (SSSR count). The number of rotatable bonds is 78. The molecule has 2 radical (unpaired) electrons. The number of hydrogen-bond donors (Lipinski definition) is 0. The molecule has 0 atom stereocenters. The van der Waals surface area contributed by atoms with Gasteiger partial charge in [-0.25, -0.2) is 0 Å². The van der Waals surface area contributed by atoms with Crippen LogP contribution in [0.2, 0.25) is 0 Å². The van der Waals surface area contributed by atoms with Gasteiger partial charge in [0.1, 0.15) is 0 Å². The fourth-order valence-electron chi connectivity index (χ4n) is 14.5. The third-order valence-corrected chi connectivity index (χ3v) is 25.3. The summed E-state index contributed by atoms with van der Waals surface area (Å²) in [5.41, 5.74) is 0. The average molecular weight is 1590 g/mol. The van der Waals surface area contributed by atoms with Gasteiger partial charge < -0.3 is 40.7 Å². The van der Waals surface area contributed by atoms with Crippen LogP contribution in [0.15, 0.2) is 0 Å². The molecule has 632 valence electrons. The van der Waals surface area contributed by atoms with E-state index in [0.29, 0.717) is 18.3 Å². The Bertz CT molecular complexity index is 1280. The van der Waals surface area contributed by atoms with Crippen molar-refractivity contribution in [2.75, 3.05) is 39.6 Å². The van der Waals surface area contributed by atoms with E-state index in [2.05, 4.69) is 48.3 Å². The zero-order chi connectivity index (χ0) is 75.1. The van der Waals surface area contributed by atoms with E-state index in [1.54, 1.807) is 0 Å². The molecule has 3 aliphatic rings. The first kappa shape index (κ1) is 108. The summed E-state index contributed by atoms with van der Waals surface area (Å²) in [6.45, 7) is 23.0. The van der Waals surface area contributed by atoms with E-state index in [9.17, 15) is 0 Å². The van der Waals surface area contributed by atoms with Crippen molar-refractivity contribution in [2.45, 2.75) is 541 Å². The van der Waals surface area contributed by atoms with Crippen LogP contribution >= 0.6 is 25.8 Å². The van der Waals surface area contributed by atoms with Gasteiger partial charge in [0.15, 0.2) is 0 Å². The van der Waals surface area contributed by atoms with Gasteiger partial charge in [0.05, 0.1) is 58.0 Å². The predicted octanol–water partition coefficient (Wildman–Crippen LogP) is 33.9. The SMILES string of the molecule is CCCCCCCCCCCCOP(OCCCCCCCCCCCC)OC1CCCCC1.CCCCCCCCCCCCOP(OCCCCCCCCCCCC)OC1CCCCC1.CCCCCCCCCCCCOP(OCCCCCCCCCCCC)OC1CCCCC1.[C]=O.[Ni]. The Morgan fingerprint density at radius 2 is 0.305 bits per heavy atom. The Balaban J connectivity index is 0. The maximum Gasteiger partial charge on any atom is 0.332 e. The van der Waals surface area contributed by atoms with Crippen LogP contribution in [0.4, 0.5) is 0 Å². The normalized spacial score (nSPS) is 14.5. The van der Waals surface area contributed by atoms with E-state index in [1.807, 2.05) is 0 Å². The van der Waals surface area contributed by atoms with E-state index in [0.717, 1.165) is 78.2 Å². The summed E-state index contributed by atoms with van der Waals surface area (Å²) < 4.78 is 55.7. The molecule has 0 aliphatic heterocycles. The quantitative estimate of drug-likeness (QED) is 0.0332. The van der Waals surface area contributed by atoms with Crippen molar-refractivity contribution in [3.63, 3.8) is 0 Å². The monoisotopic (exact) mass is 1590 g/mol. The second-order valence-corrected chi connectivity index (χ2v) is 35.4. The van der Waals surface area contributed by atoms with Gasteiger partial charge in [-0.3, -0.25) is 4.79 Å². The molecule has 0 aromatic heterocycles. The van der Waals surface area contributed by atoms with Crippen molar-refractivity contribution in [1.29, 1.82) is 0 Å². The van der Waals surface area contributed by atoms with Crippen LogP contribution in [-0.2, 0) is 62.0 Å². The molecule has 0 aromatic rings. The van der Waals surface area contributed by atoms with E-state index in [1.165, 1.54) is 443 Å². The summed E-state index contributed by atoms with van der Waals surface area (Å²) in [5, 5.41) is 0. The number of unbranched alkanes of at least 4 members (excludes halogenated alkanes) is 54. The summed E-state index contributed by atoms with van der Waals surface area (Å²) in [4.78, 5) is 7.50. The first-order chi connectivity index (χ1) is 51.6. The fourth-order valence-corrected chi connectivity index (χ4v) is 18.2. The van der Waals surface area contributed by atoms with Gasteiger partial charge in [-0.05, 0) is 77.0 Å². The molecular formula is C91H183NiO10P3. The van der Waals surface area contributed by atoms with Crippen molar-refractivity contribution in [2.24, 2.45) is 0 Å². The number of hydrogen-bond acceptors (Lipinski definition) is 10. The Morgan fingerprint density at radius 3 is 0.429 bits per heavy atom. The molecule has 0 unspecified atom stereocenters. The maximum atomic E-state index is 7.50. The molecule has 0 bridgehead atoms. The molecule has 3 saturated carbocycles. The minimum atomic E-state index is -1.16. The minimum absolute atomic E-state index is 0. The Kier molecular flexibility index (Phi) is 98.5. The standard InChI is InChI=1S/3C30H61O3P.CO.Ni/c3*1-3-5-7-9-11-13-15-17-19-24-28-31-34(33-30-26-22-21-23-27-30)32-29-25-20-18-16-14-12-10-8-6-4-2;1-2;/h3*30H,3-29H2,1-2H3;;. The third kappa shape index (κ3) is 84.3. The third-order valence-electron chi connectivity index (χ3n) is 21.5. The van der Waals surface area contributed by atoms with Crippen molar-refractivity contribution < 1.29 is 62.0 Å². The second kappa shape index (κ2) is 95.7. The van der Waals surface area contributed by atoms with Crippen LogP contribution in [-0.4, -0.2) is 64.7 Å². The molecule has 0 aromatic carbocycles. The van der Waals surface area contributed by atoms with Crippen LogP contribution in [0.5, 0.6) is 0 Å². The smallest absolute Gasteiger partial charge is 0.312 e. The van der Waals surface area contributed by atoms with Crippen molar-refractivity contribution in [3.05, 3.63) is 0 Å². The molecule has 10 nitrogen and oxygen atoms in total. The molecule has 105 heavy (non-hydrogen) atoms. The average Bonchev–Trinajstić information content (AvgIpc) is 0.995. The predicted molar refractivity (Wildman–Crippen MR) is 457 cm³/mol. The number of carbonyl (C=O) groups excluding carboxylic acids is 1. The molecule has 0 N–H and O–H groups in total. The van der Waals surface area contributed by atoms with Crippen LogP contribution in [0.25, 0.3) is 0 Å². The summed E-state index contributed by atoms with van der Waals surface area (Å²) in [6, 6.07) is 0. The second-order valence-electron chi connectivity index (χ2n) is 31.9. The van der Waals surface area contributed by atoms with Crippen LogP contribution < -0.4 is 0 Å². The van der Waals surface area contributed by atoms with Gasteiger partial charge >= 0.3 is 25.8 Å². The molecule has 3 fully saturated rings. The Hall–Kier alpha value is 1.09. The topological polar surface area (TPSA) is 100 Å². The van der Waals surface area contributed by atoms with Gasteiger partial charge in [-0.15, -0.1) is 0 Å². The molecule has 0 saturated heterocycles. The molecule has 0 amide bonds. The van der Waals surface area contributed by atoms with E-state index in [-0.39, 0.29) is 16.5 Å². The summed E-state index contributed by atoms with van der Waals surface area (Å²) in [6.07, 6.45) is 102. The van der Waals surface area contributed by atoms with Gasteiger partial charge in [-0.1, -0.05) is 446 Å². The van der Waals surface area contributed by atoms with Gasteiger partial charge in [0.2, 0.25) is 0 Å². The molecular weight excluding hydrogens is 1400 g/mol. The molecule has 0 heterocycles. The summed E-state index contributed by atoms with van der Waals surface area (Å²) in [7, 11) is -3.47. The van der Waals surface area contributed by atoms with Crippen LogP contribution in [0.3, 0.4) is 0 Å². The molecule has 3 aliphatic carbocycles. The summed E-state index contributed by atoms with van der Waals surface area (Å²) >= 11 is 0. The largest absolute Gasteiger partial charge is 0.332 e. The minimum Gasteiger partial charge on any atom is -0.312 e. The Morgan fingerprint density at radius 1 is 0.190 bits per heavy atom. The van der Waals surface area contributed by atoms with Gasteiger partial charge in [0.25, 0.3) is 6.79 Å². The summed E-state index contributed by atoms with van der Waals surface area (Å²) in [5.74, 6) is 0. The van der Waals surface area contributed by atoms with Gasteiger partial charge in [-0.2, -0.15) is 0 Å². The first-order valence-electron chi connectivity index (χ1n) is 47.0. The molecule has 0 spiro atoms. The Labute approximate surface area is 671 Å². The van der Waals surface area contributed by atoms with Crippen molar-refractivity contribution >= 4 is 32.6 Å². The first-order valence-corrected chi connectivity index (χ1v) is 50.3. The van der Waals surface area contributed by atoms with Gasteiger partial charge in [0, 0.05) is 16.5 Å². The molecule has 14 heteroatoms. The van der Waals surface area contributed by atoms with Crippen LogP contribution in [0, 0.1) is 0 Å². The van der Waals surface area contributed by atoms with E-state index >= 15 is 0 Å². The van der Waals surface area contributed by atoms with E-state index < -0.39 is 25.8 Å². The zero-order valence-electron chi connectivity index (χ0n) is 71.2. The van der Waals surface area contributed by atoms with Crippen molar-refractivity contribution in [1.82, 2.24) is 0 Å². The van der Waals surface area contributed by atoms with Crippen LogP contribution in [0.1, 0.15) is 523 Å².